The summed E-state index contributed by atoms with van der Waals surface area (Å²) >= 11 is 0. The number of amides is 1. The van der Waals surface area contributed by atoms with Crippen LogP contribution in [0.4, 0.5) is 0 Å². The molecular formula is C20H23N3O2. The molecule has 1 unspecified atom stereocenters. The van der Waals surface area contributed by atoms with Crippen LogP contribution in [0.15, 0.2) is 54.9 Å². The van der Waals surface area contributed by atoms with Crippen molar-refractivity contribution in [2.45, 2.75) is 33.0 Å². The molecular weight excluding hydrogens is 314 g/mol. The summed E-state index contributed by atoms with van der Waals surface area (Å²) < 4.78 is 7.89. The van der Waals surface area contributed by atoms with Crippen LogP contribution in [0, 0.1) is 0 Å². The molecule has 1 amide bonds. The van der Waals surface area contributed by atoms with Crippen LogP contribution in [-0.4, -0.2) is 33.5 Å². The highest BCUT2D eigenvalue weighted by molar-refractivity contribution is 5.84. The molecule has 0 saturated carbocycles. The predicted molar refractivity (Wildman–Crippen MR) is 98.4 cm³/mol. The minimum absolute atomic E-state index is 0.0705. The minimum atomic E-state index is -0.559. The first-order valence-electron chi connectivity index (χ1n) is 8.49. The molecule has 1 heterocycles. The SMILES string of the molecule is CCn1ccnc1CN(C)C(=O)C(C)Oc1ccc2ccccc2c1. The number of likely N-dealkylation sites (N-methyl/N-ethyl adjacent to an activating group) is 1. The number of hydrogen-bond acceptors (Lipinski definition) is 3. The van der Waals surface area contributed by atoms with Crippen LogP contribution in [0.3, 0.4) is 0 Å². The number of benzene rings is 2. The molecule has 0 fully saturated rings. The average Bonchev–Trinajstić information content (AvgIpc) is 3.08. The third-order valence-electron chi connectivity index (χ3n) is 4.28. The number of nitrogens with zero attached hydrogens (tertiary/aromatic N) is 3. The molecule has 0 aliphatic heterocycles. The lowest BCUT2D eigenvalue weighted by Gasteiger charge is -2.22. The van der Waals surface area contributed by atoms with Crippen molar-refractivity contribution in [2.75, 3.05) is 7.05 Å². The number of ether oxygens (including phenoxy) is 1. The third-order valence-corrected chi connectivity index (χ3v) is 4.28. The molecule has 0 bridgehead atoms. The van der Waals surface area contributed by atoms with Crippen molar-refractivity contribution in [3.05, 3.63) is 60.7 Å². The molecule has 130 valence electrons. The Morgan fingerprint density at radius 2 is 2.00 bits per heavy atom. The van der Waals surface area contributed by atoms with Gasteiger partial charge in [-0.15, -0.1) is 0 Å². The van der Waals surface area contributed by atoms with Gasteiger partial charge in [-0.3, -0.25) is 4.79 Å². The van der Waals surface area contributed by atoms with Gasteiger partial charge in [0.05, 0.1) is 6.54 Å². The first-order chi connectivity index (χ1) is 12.1. The largest absolute Gasteiger partial charge is 0.481 e. The van der Waals surface area contributed by atoms with Crippen LogP contribution >= 0.6 is 0 Å². The number of hydrogen-bond donors (Lipinski definition) is 0. The van der Waals surface area contributed by atoms with Crippen molar-refractivity contribution in [1.82, 2.24) is 14.5 Å². The summed E-state index contributed by atoms with van der Waals surface area (Å²) in [6, 6.07) is 13.9. The summed E-state index contributed by atoms with van der Waals surface area (Å²) in [5.41, 5.74) is 0. The van der Waals surface area contributed by atoms with E-state index in [2.05, 4.69) is 18.0 Å². The second kappa shape index (κ2) is 7.38. The van der Waals surface area contributed by atoms with E-state index in [1.54, 1.807) is 25.1 Å². The van der Waals surface area contributed by atoms with Gasteiger partial charge in [-0.1, -0.05) is 30.3 Å². The number of aryl methyl sites for hydroxylation is 1. The Bertz CT molecular complexity index is 872. The van der Waals surface area contributed by atoms with Crippen LogP contribution in [0.1, 0.15) is 19.7 Å². The Hall–Kier alpha value is -2.82. The molecule has 0 aliphatic carbocycles. The molecule has 3 aromatic rings. The fourth-order valence-corrected chi connectivity index (χ4v) is 2.88. The molecule has 1 aromatic heterocycles. The van der Waals surface area contributed by atoms with E-state index in [0.29, 0.717) is 12.3 Å². The Balaban J connectivity index is 1.66. The van der Waals surface area contributed by atoms with E-state index in [0.717, 1.165) is 23.1 Å². The van der Waals surface area contributed by atoms with E-state index >= 15 is 0 Å². The summed E-state index contributed by atoms with van der Waals surface area (Å²) in [6.45, 7) is 5.13. The lowest BCUT2D eigenvalue weighted by Crippen LogP contribution is -2.38. The van der Waals surface area contributed by atoms with Crippen molar-refractivity contribution >= 4 is 16.7 Å². The molecule has 5 nitrogen and oxygen atoms in total. The molecule has 2 aromatic carbocycles. The summed E-state index contributed by atoms with van der Waals surface area (Å²) in [7, 11) is 1.78. The van der Waals surface area contributed by atoms with Gasteiger partial charge in [0, 0.05) is 26.0 Å². The van der Waals surface area contributed by atoms with Gasteiger partial charge in [0.1, 0.15) is 11.6 Å². The van der Waals surface area contributed by atoms with Gasteiger partial charge in [0.15, 0.2) is 6.10 Å². The summed E-state index contributed by atoms with van der Waals surface area (Å²) in [6.07, 6.45) is 3.12. The third kappa shape index (κ3) is 3.82. The maximum absolute atomic E-state index is 12.6. The van der Waals surface area contributed by atoms with E-state index < -0.39 is 6.10 Å². The van der Waals surface area contributed by atoms with Gasteiger partial charge in [-0.25, -0.2) is 4.98 Å². The van der Waals surface area contributed by atoms with Crippen LogP contribution in [0.5, 0.6) is 5.75 Å². The van der Waals surface area contributed by atoms with E-state index in [4.69, 9.17) is 4.74 Å². The monoisotopic (exact) mass is 337 g/mol. The van der Waals surface area contributed by atoms with Crippen molar-refractivity contribution < 1.29 is 9.53 Å². The van der Waals surface area contributed by atoms with Gasteiger partial charge in [0.25, 0.3) is 5.91 Å². The minimum Gasteiger partial charge on any atom is -0.481 e. The van der Waals surface area contributed by atoms with Gasteiger partial charge in [-0.05, 0) is 36.8 Å². The first-order valence-corrected chi connectivity index (χ1v) is 8.49. The predicted octanol–water partition coefficient (Wildman–Crippen LogP) is 3.48. The Labute approximate surface area is 147 Å². The fraction of sp³-hybridized carbons (Fsp3) is 0.300. The Kier molecular flexibility index (Phi) is 5.03. The Morgan fingerprint density at radius 3 is 2.76 bits per heavy atom. The molecule has 25 heavy (non-hydrogen) atoms. The fourth-order valence-electron chi connectivity index (χ4n) is 2.88. The van der Waals surface area contributed by atoms with Gasteiger partial charge >= 0.3 is 0 Å². The Morgan fingerprint density at radius 1 is 1.24 bits per heavy atom. The molecule has 3 rings (SSSR count). The van der Waals surface area contributed by atoms with Gasteiger partial charge in [0.2, 0.25) is 0 Å². The number of aromatic nitrogens is 2. The number of carbonyl (C=O) groups is 1. The van der Waals surface area contributed by atoms with E-state index in [1.807, 2.05) is 47.2 Å². The van der Waals surface area contributed by atoms with E-state index in [1.165, 1.54) is 0 Å². The number of fused-ring (bicyclic) bond motifs is 1. The second-order valence-electron chi connectivity index (χ2n) is 6.09. The van der Waals surface area contributed by atoms with Crippen molar-refractivity contribution in [1.29, 1.82) is 0 Å². The zero-order chi connectivity index (χ0) is 17.8. The van der Waals surface area contributed by atoms with Crippen LogP contribution in [0.2, 0.25) is 0 Å². The maximum Gasteiger partial charge on any atom is 0.263 e. The lowest BCUT2D eigenvalue weighted by molar-refractivity contribution is -0.137. The average molecular weight is 337 g/mol. The molecule has 0 saturated heterocycles. The van der Waals surface area contributed by atoms with Crippen LogP contribution in [0.25, 0.3) is 10.8 Å². The quantitative estimate of drug-likeness (QED) is 0.692. The normalized spacial score (nSPS) is 12.1. The highest BCUT2D eigenvalue weighted by atomic mass is 16.5. The zero-order valence-electron chi connectivity index (χ0n) is 14.8. The lowest BCUT2D eigenvalue weighted by atomic mass is 10.1. The topological polar surface area (TPSA) is 47.4 Å². The van der Waals surface area contributed by atoms with Crippen LogP contribution < -0.4 is 4.74 Å². The molecule has 0 radical (unpaired) electrons. The van der Waals surface area contributed by atoms with Crippen molar-refractivity contribution in [3.8, 4) is 5.75 Å². The summed E-state index contributed by atoms with van der Waals surface area (Å²) in [5, 5.41) is 2.25. The van der Waals surface area contributed by atoms with E-state index in [9.17, 15) is 4.79 Å². The molecule has 1 atom stereocenters. The van der Waals surface area contributed by atoms with Crippen molar-refractivity contribution in [2.24, 2.45) is 0 Å². The standard InChI is InChI=1S/C20H23N3O2/c1-4-23-12-11-21-19(23)14-22(3)20(24)15(2)25-18-10-9-16-7-5-6-8-17(16)13-18/h5-13,15H,4,14H2,1-3H3. The van der Waals surface area contributed by atoms with Crippen LogP contribution in [-0.2, 0) is 17.9 Å². The second-order valence-corrected chi connectivity index (χ2v) is 6.09. The zero-order valence-corrected chi connectivity index (χ0v) is 14.8. The number of carbonyl (C=O) groups excluding carboxylic acids is 1. The number of rotatable bonds is 6. The highest BCUT2D eigenvalue weighted by Gasteiger charge is 2.20. The maximum atomic E-state index is 12.6. The molecule has 0 aliphatic rings. The number of imidazole rings is 1. The summed E-state index contributed by atoms with van der Waals surface area (Å²) in [4.78, 5) is 18.6. The molecule has 5 heteroatoms. The first kappa shape index (κ1) is 17.0. The van der Waals surface area contributed by atoms with Crippen molar-refractivity contribution in [3.63, 3.8) is 0 Å². The molecule has 0 N–H and O–H groups in total. The van der Waals surface area contributed by atoms with Gasteiger partial charge < -0.3 is 14.2 Å². The smallest absolute Gasteiger partial charge is 0.263 e. The summed E-state index contributed by atoms with van der Waals surface area (Å²) in [5.74, 6) is 1.50. The van der Waals surface area contributed by atoms with E-state index in [-0.39, 0.29) is 5.91 Å². The highest BCUT2D eigenvalue weighted by Crippen LogP contribution is 2.21. The molecule has 0 spiro atoms. The van der Waals surface area contributed by atoms with Gasteiger partial charge in [-0.2, -0.15) is 0 Å².